The molecular formula is C61H102N2O6. The molecule has 2 fully saturated rings. The Morgan fingerprint density at radius 1 is 0.507 bits per heavy atom. The Kier molecular flexibility index (Phi) is 16.7. The first-order chi connectivity index (χ1) is 31.0. The topological polar surface area (TPSA) is 99.5 Å². The SMILES string of the molecule is CCCC(Cc1cc(C(C)(C)C)c(O)c(C(C)(C)C)c1)(OC(=O)CC(=O)OC(CCC)(Cc1cc(C(C)(C)C)c(O)c(C(C)(C)C)c1)C1CC(C)(C)N(C)C(C)(C)C1)C1CC(C)(C)N(C)C(C)(C)C1. The van der Waals surface area contributed by atoms with Gasteiger partial charge in [0.1, 0.15) is 29.1 Å². The van der Waals surface area contributed by atoms with Crippen LogP contribution in [0.5, 0.6) is 11.5 Å². The summed E-state index contributed by atoms with van der Waals surface area (Å²) in [5.74, 6) is -0.504. The van der Waals surface area contributed by atoms with Crippen molar-refractivity contribution in [2.75, 3.05) is 14.1 Å². The minimum atomic E-state index is -0.940. The van der Waals surface area contributed by atoms with Crippen molar-refractivity contribution >= 4 is 11.9 Å². The molecule has 0 spiro atoms. The number of ether oxygens (including phenoxy) is 2. The lowest BCUT2D eigenvalue weighted by Gasteiger charge is -2.57. The van der Waals surface area contributed by atoms with Crippen LogP contribution in [0.25, 0.3) is 0 Å². The Morgan fingerprint density at radius 2 is 0.739 bits per heavy atom. The number of carbonyl (C=O) groups excluding carboxylic acids is 2. The molecule has 2 aliphatic rings. The predicted octanol–water partition coefficient (Wildman–Crippen LogP) is 14.4. The van der Waals surface area contributed by atoms with E-state index in [1.165, 1.54) is 0 Å². The van der Waals surface area contributed by atoms with Crippen LogP contribution in [0, 0.1) is 11.8 Å². The lowest BCUT2D eigenvalue weighted by atomic mass is 9.64. The van der Waals surface area contributed by atoms with Gasteiger partial charge in [-0.25, -0.2) is 0 Å². The summed E-state index contributed by atoms with van der Waals surface area (Å²) >= 11 is 0. The Balaban J connectivity index is 1.91. The molecule has 0 saturated carbocycles. The van der Waals surface area contributed by atoms with E-state index < -0.39 is 29.6 Å². The van der Waals surface area contributed by atoms with Crippen molar-refractivity contribution < 1.29 is 29.3 Å². The molecule has 2 atom stereocenters. The van der Waals surface area contributed by atoms with Gasteiger partial charge < -0.3 is 19.7 Å². The molecule has 4 rings (SSSR count). The van der Waals surface area contributed by atoms with E-state index in [4.69, 9.17) is 9.47 Å². The molecule has 2 heterocycles. The second kappa shape index (κ2) is 19.7. The van der Waals surface area contributed by atoms with Gasteiger partial charge in [-0.2, -0.15) is 0 Å². The van der Waals surface area contributed by atoms with Crippen LogP contribution < -0.4 is 0 Å². The highest BCUT2D eigenvalue weighted by molar-refractivity contribution is 5.91. The number of likely N-dealkylation sites (tertiary alicyclic amines) is 2. The second-order valence-corrected chi connectivity index (χ2v) is 28.8. The zero-order valence-corrected chi connectivity index (χ0v) is 48.7. The van der Waals surface area contributed by atoms with Crippen LogP contribution in [-0.4, -0.2) is 79.4 Å². The molecule has 8 heteroatoms. The average molecular weight is 959 g/mol. The quantitative estimate of drug-likeness (QED) is 0.143. The molecule has 2 aliphatic heterocycles. The van der Waals surface area contributed by atoms with Crippen molar-refractivity contribution in [3.8, 4) is 11.5 Å². The monoisotopic (exact) mass is 959 g/mol. The highest BCUT2D eigenvalue weighted by Crippen LogP contribution is 2.52. The van der Waals surface area contributed by atoms with E-state index in [1.807, 2.05) is 0 Å². The molecule has 69 heavy (non-hydrogen) atoms. The molecule has 0 amide bonds. The van der Waals surface area contributed by atoms with Gasteiger partial charge in [0, 0.05) is 46.8 Å². The van der Waals surface area contributed by atoms with Gasteiger partial charge in [0.2, 0.25) is 0 Å². The maximum absolute atomic E-state index is 15.0. The second-order valence-electron chi connectivity index (χ2n) is 28.8. The van der Waals surface area contributed by atoms with Gasteiger partial charge in [-0.1, -0.05) is 134 Å². The van der Waals surface area contributed by atoms with Crippen LogP contribution in [-0.2, 0) is 53.6 Å². The highest BCUT2D eigenvalue weighted by atomic mass is 16.6. The molecule has 0 bridgehead atoms. The zero-order chi connectivity index (χ0) is 53.1. The lowest BCUT2D eigenvalue weighted by Crippen LogP contribution is -2.63. The fourth-order valence-electron chi connectivity index (χ4n) is 12.8. The number of hydrogen-bond donors (Lipinski definition) is 2. The summed E-state index contributed by atoms with van der Waals surface area (Å²) in [4.78, 5) is 35.0. The van der Waals surface area contributed by atoms with E-state index in [1.54, 1.807) is 0 Å². The van der Waals surface area contributed by atoms with Gasteiger partial charge >= 0.3 is 11.9 Å². The number of rotatable bonds is 14. The first kappa shape index (κ1) is 58.5. The third-order valence-electron chi connectivity index (χ3n) is 17.0. The predicted molar refractivity (Wildman–Crippen MR) is 288 cm³/mol. The van der Waals surface area contributed by atoms with Crippen molar-refractivity contribution in [2.24, 2.45) is 11.8 Å². The number of hydrogen-bond acceptors (Lipinski definition) is 8. The van der Waals surface area contributed by atoms with Crippen LogP contribution in [0.2, 0.25) is 0 Å². The molecule has 0 radical (unpaired) electrons. The van der Waals surface area contributed by atoms with Crippen LogP contribution in [0.1, 0.15) is 243 Å². The van der Waals surface area contributed by atoms with E-state index in [2.05, 4.69) is 200 Å². The summed E-state index contributed by atoms with van der Waals surface area (Å²) in [6, 6.07) is 8.52. The minimum absolute atomic E-state index is 0.0185. The maximum Gasteiger partial charge on any atom is 0.317 e. The van der Waals surface area contributed by atoms with Crippen molar-refractivity contribution in [3.63, 3.8) is 0 Å². The molecule has 392 valence electrons. The molecule has 2 saturated heterocycles. The van der Waals surface area contributed by atoms with Gasteiger partial charge in [0.05, 0.1) is 0 Å². The third kappa shape index (κ3) is 12.9. The number of phenolic OH excluding ortho intramolecular Hbond substituents is 2. The van der Waals surface area contributed by atoms with Gasteiger partial charge in [0.25, 0.3) is 0 Å². The maximum atomic E-state index is 15.0. The molecule has 2 unspecified atom stereocenters. The van der Waals surface area contributed by atoms with Crippen molar-refractivity contribution in [2.45, 2.75) is 278 Å². The van der Waals surface area contributed by atoms with Crippen LogP contribution in [0.3, 0.4) is 0 Å². The summed E-state index contributed by atoms with van der Waals surface area (Å²) in [6.45, 7) is 48.2. The number of carbonyl (C=O) groups is 2. The number of nitrogens with zero attached hydrogens (tertiary/aromatic N) is 2. The largest absolute Gasteiger partial charge is 0.507 e. The molecule has 8 nitrogen and oxygen atoms in total. The van der Waals surface area contributed by atoms with Crippen LogP contribution >= 0.6 is 0 Å². The van der Waals surface area contributed by atoms with Gasteiger partial charge in [-0.3, -0.25) is 19.4 Å². The number of aromatic hydroxyl groups is 2. The Labute approximate surface area is 422 Å². The fourth-order valence-corrected chi connectivity index (χ4v) is 12.8. The Bertz CT molecular complexity index is 1890. The first-order valence-corrected chi connectivity index (χ1v) is 26.6. The summed E-state index contributed by atoms with van der Waals surface area (Å²) in [6.07, 6.45) is 6.46. The molecular weight excluding hydrogens is 857 g/mol. The molecule has 0 aromatic heterocycles. The summed E-state index contributed by atoms with van der Waals surface area (Å²) in [7, 11) is 4.40. The van der Waals surface area contributed by atoms with Crippen LogP contribution in [0.15, 0.2) is 24.3 Å². The van der Waals surface area contributed by atoms with Gasteiger partial charge in [0.15, 0.2) is 0 Å². The van der Waals surface area contributed by atoms with Crippen LogP contribution in [0.4, 0.5) is 0 Å². The standard InChI is InChI=1S/C61H102N2O6/c1-25-27-60(42-36-56(15,16)62(23)57(17,18)37-42,34-40-29-44(52(3,4)5)50(66)45(30-40)53(6,7)8)68-48(64)33-49(65)69-61(28-26-2,43-38-58(19,20)63(24)59(21,22)39-43)35-41-31-46(54(9,10)11)51(67)47(32-41)55(12,13)14/h29-32,42-43,66-67H,25-28,33-39H2,1-24H3. The summed E-state index contributed by atoms with van der Waals surface area (Å²) in [5, 5.41) is 23.6. The van der Waals surface area contributed by atoms with E-state index in [0.29, 0.717) is 37.2 Å². The van der Waals surface area contributed by atoms with E-state index in [0.717, 1.165) is 71.9 Å². The molecule has 2 aromatic carbocycles. The van der Waals surface area contributed by atoms with Gasteiger partial charge in [-0.15, -0.1) is 0 Å². The third-order valence-corrected chi connectivity index (χ3v) is 17.0. The Morgan fingerprint density at radius 3 is 0.942 bits per heavy atom. The minimum Gasteiger partial charge on any atom is -0.507 e. The normalized spacial score (nSPS) is 21.3. The first-order valence-electron chi connectivity index (χ1n) is 26.6. The van der Waals surface area contributed by atoms with Gasteiger partial charge in [-0.05, 0) is 163 Å². The van der Waals surface area contributed by atoms with E-state index in [-0.39, 0.29) is 55.7 Å². The summed E-state index contributed by atoms with van der Waals surface area (Å²) in [5.41, 5.74) is 1.55. The van der Waals surface area contributed by atoms with Crippen molar-refractivity contribution in [1.29, 1.82) is 0 Å². The fraction of sp³-hybridized carbons (Fsp3) is 0.770. The number of phenols is 2. The number of piperidine rings is 2. The average Bonchev–Trinajstić information content (AvgIpc) is 3.14. The highest BCUT2D eigenvalue weighted by Gasteiger charge is 2.55. The lowest BCUT2D eigenvalue weighted by molar-refractivity contribution is -0.189. The van der Waals surface area contributed by atoms with Crippen molar-refractivity contribution in [3.05, 3.63) is 57.6 Å². The van der Waals surface area contributed by atoms with E-state index in [9.17, 15) is 10.2 Å². The molecule has 2 N–H and O–H groups in total. The summed E-state index contributed by atoms with van der Waals surface area (Å²) < 4.78 is 14.2. The Hall–Kier alpha value is -3.10. The smallest absolute Gasteiger partial charge is 0.317 e. The zero-order valence-electron chi connectivity index (χ0n) is 48.7. The van der Waals surface area contributed by atoms with E-state index >= 15 is 9.59 Å². The number of esters is 2. The number of benzene rings is 2. The molecule has 0 aliphatic carbocycles. The molecule has 2 aromatic rings. The van der Waals surface area contributed by atoms with Crippen molar-refractivity contribution in [1.82, 2.24) is 9.80 Å².